The number of hydrogen-bond donors (Lipinski definition) is 3. The highest BCUT2D eigenvalue weighted by Gasteiger charge is 2.11. The quantitative estimate of drug-likeness (QED) is 0.654. The average Bonchev–Trinajstić information content (AvgIpc) is 2.23. The van der Waals surface area contributed by atoms with Gasteiger partial charge in [-0.15, -0.1) is 0 Å². The Kier molecular flexibility index (Phi) is 4.33. The van der Waals surface area contributed by atoms with Gasteiger partial charge in [-0.25, -0.2) is 13.2 Å². The first kappa shape index (κ1) is 13.3. The van der Waals surface area contributed by atoms with Crippen LogP contribution in [-0.2, 0) is 9.84 Å². The summed E-state index contributed by atoms with van der Waals surface area (Å²) < 4.78 is 22.9. The number of nitrogens with two attached hydrogens (primary N) is 1. The van der Waals surface area contributed by atoms with E-state index in [0.29, 0.717) is 18.8 Å². The molecule has 0 bridgehead atoms. The summed E-state index contributed by atoms with van der Waals surface area (Å²) >= 11 is 0. The van der Waals surface area contributed by atoms with Gasteiger partial charge < -0.3 is 16.4 Å². The van der Waals surface area contributed by atoms with Crippen LogP contribution in [0, 0.1) is 0 Å². The van der Waals surface area contributed by atoms with E-state index in [1.165, 1.54) is 6.07 Å². The molecule has 0 atom stereocenters. The van der Waals surface area contributed by atoms with Gasteiger partial charge >= 0.3 is 6.03 Å². The predicted molar refractivity (Wildman–Crippen MR) is 65.6 cm³/mol. The van der Waals surface area contributed by atoms with Crippen LogP contribution in [-0.4, -0.2) is 33.8 Å². The van der Waals surface area contributed by atoms with Crippen molar-refractivity contribution in [2.75, 3.05) is 24.7 Å². The number of carbonyl (C=O) groups is 1. The third kappa shape index (κ3) is 4.31. The molecule has 0 unspecified atom stereocenters. The van der Waals surface area contributed by atoms with Crippen LogP contribution < -0.4 is 16.4 Å². The molecule has 1 aromatic carbocycles. The largest absolute Gasteiger partial charge is 0.382 e. The molecule has 1 rings (SSSR count). The molecule has 0 aromatic heterocycles. The van der Waals surface area contributed by atoms with Crippen LogP contribution in [0.15, 0.2) is 29.2 Å². The lowest BCUT2D eigenvalue weighted by atomic mass is 10.3. The summed E-state index contributed by atoms with van der Waals surface area (Å²) in [4.78, 5) is 10.7. The maximum absolute atomic E-state index is 11.5. The van der Waals surface area contributed by atoms with Gasteiger partial charge in [0.25, 0.3) is 0 Å². The molecule has 7 heteroatoms. The minimum Gasteiger partial charge on any atom is -0.382 e. The molecule has 4 N–H and O–H groups in total. The smallest absolute Gasteiger partial charge is 0.312 e. The summed E-state index contributed by atoms with van der Waals surface area (Å²) in [6, 6.07) is 5.98. The maximum atomic E-state index is 11.5. The Bertz CT molecular complexity index is 499. The van der Waals surface area contributed by atoms with Crippen molar-refractivity contribution in [3.05, 3.63) is 24.3 Å². The van der Waals surface area contributed by atoms with Crippen LogP contribution in [0.4, 0.5) is 10.5 Å². The maximum Gasteiger partial charge on any atom is 0.312 e. The zero-order valence-corrected chi connectivity index (χ0v) is 10.3. The van der Waals surface area contributed by atoms with Crippen molar-refractivity contribution in [1.82, 2.24) is 5.32 Å². The van der Waals surface area contributed by atoms with E-state index in [-0.39, 0.29) is 4.90 Å². The van der Waals surface area contributed by atoms with E-state index in [4.69, 9.17) is 5.73 Å². The third-order valence-electron chi connectivity index (χ3n) is 2.03. The summed E-state index contributed by atoms with van der Waals surface area (Å²) in [5.74, 6) is 0. The summed E-state index contributed by atoms with van der Waals surface area (Å²) in [6.45, 7) is 0.725. The van der Waals surface area contributed by atoms with Gasteiger partial charge in [0.2, 0.25) is 0 Å². The van der Waals surface area contributed by atoms with Gasteiger partial charge in [0.1, 0.15) is 0 Å². The summed E-state index contributed by atoms with van der Waals surface area (Å²) in [6.07, 6.45) is 1.15. The number of anilines is 1. The van der Waals surface area contributed by atoms with Crippen molar-refractivity contribution in [3.8, 4) is 0 Å². The molecule has 0 saturated carbocycles. The van der Waals surface area contributed by atoms with E-state index in [1.807, 2.05) is 0 Å². The number of sulfone groups is 1. The summed E-state index contributed by atoms with van der Waals surface area (Å²) in [7, 11) is -3.26. The van der Waals surface area contributed by atoms with Gasteiger partial charge in [-0.1, -0.05) is 12.1 Å². The topological polar surface area (TPSA) is 101 Å². The number of benzene rings is 1. The summed E-state index contributed by atoms with van der Waals surface area (Å²) in [5.41, 5.74) is 5.41. The highest BCUT2D eigenvalue weighted by molar-refractivity contribution is 7.90. The lowest BCUT2D eigenvalue weighted by Gasteiger charge is -2.10. The van der Waals surface area contributed by atoms with Crippen LogP contribution in [0.25, 0.3) is 0 Å². The number of amides is 2. The Hall–Kier alpha value is -1.76. The molecule has 94 valence electrons. The van der Waals surface area contributed by atoms with Gasteiger partial charge in [-0.2, -0.15) is 0 Å². The Morgan fingerprint density at radius 3 is 2.53 bits per heavy atom. The molecular formula is C10H15N3O3S. The lowest BCUT2D eigenvalue weighted by Crippen LogP contribution is -2.33. The Balaban J connectivity index is 2.68. The lowest BCUT2D eigenvalue weighted by molar-refractivity contribution is 0.249. The van der Waals surface area contributed by atoms with E-state index in [2.05, 4.69) is 10.6 Å². The molecule has 0 radical (unpaired) electrons. The van der Waals surface area contributed by atoms with E-state index in [0.717, 1.165) is 6.26 Å². The average molecular weight is 257 g/mol. The fourth-order valence-corrected chi connectivity index (χ4v) is 2.18. The number of primary amides is 1. The third-order valence-corrected chi connectivity index (χ3v) is 3.18. The van der Waals surface area contributed by atoms with Crippen LogP contribution in [0.5, 0.6) is 0 Å². The Morgan fingerprint density at radius 1 is 1.29 bits per heavy atom. The van der Waals surface area contributed by atoms with E-state index < -0.39 is 15.9 Å². The second kappa shape index (κ2) is 5.53. The summed E-state index contributed by atoms with van der Waals surface area (Å²) in [5, 5.41) is 5.33. The SMILES string of the molecule is CS(=O)(=O)c1ccccc1NCCNC(N)=O. The minimum atomic E-state index is -3.26. The minimum absolute atomic E-state index is 0.235. The fraction of sp³-hybridized carbons (Fsp3) is 0.300. The van der Waals surface area contributed by atoms with Gasteiger partial charge in [0.05, 0.1) is 10.6 Å². The zero-order chi connectivity index (χ0) is 12.9. The van der Waals surface area contributed by atoms with E-state index >= 15 is 0 Å². The second-order valence-electron chi connectivity index (χ2n) is 3.49. The highest BCUT2D eigenvalue weighted by atomic mass is 32.2. The van der Waals surface area contributed by atoms with Crippen molar-refractivity contribution in [3.63, 3.8) is 0 Å². The zero-order valence-electron chi connectivity index (χ0n) is 9.43. The predicted octanol–water partition coefficient (Wildman–Crippen LogP) is 0.170. The molecule has 0 aliphatic carbocycles. The number of carbonyl (C=O) groups excluding carboxylic acids is 1. The van der Waals surface area contributed by atoms with Crippen LogP contribution in [0.2, 0.25) is 0 Å². The van der Waals surface area contributed by atoms with Crippen molar-refractivity contribution < 1.29 is 13.2 Å². The van der Waals surface area contributed by atoms with E-state index in [1.54, 1.807) is 18.2 Å². The van der Waals surface area contributed by atoms with Gasteiger partial charge in [-0.05, 0) is 12.1 Å². The van der Waals surface area contributed by atoms with Crippen molar-refractivity contribution in [2.24, 2.45) is 5.73 Å². The molecular weight excluding hydrogens is 242 g/mol. The molecule has 2 amide bonds. The van der Waals surface area contributed by atoms with Crippen molar-refractivity contribution in [2.45, 2.75) is 4.90 Å². The normalized spacial score (nSPS) is 10.9. The van der Waals surface area contributed by atoms with Crippen molar-refractivity contribution >= 4 is 21.6 Å². The number of para-hydroxylation sites is 1. The number of rotatable bonds is 5. The molecule has 0 fully saturated rings. The second-order valence-corrected chi connectivity index (χ2v) is 5.47. The van der Waals surface area contributed by atoms with Crippen LogP contribution in [0.1, 0.15) is 0 Å². The molecule has 0 aliphatic rings. The molecule has 0 saturated heterocycles. The van der Waals surface area contributed by atoms with Crippen LogP contribution in [0.3, 0.4) is 0 Å². The van der Waals surface area contributed by atoms with E-state index in [9.17, 15) is 13.2 Å². The Morgan fingerprint density at radius 2 is 1.94 bits per heavy atom. The molecule has 0 spiro atoms. The monoisotopic (exact) mass is 257 g/mol. The highest BCUT2D eigenvalue weighted by Crippen LogP contribution is 2.19. The number of nitrogens with one attached hydrogen (secondary N) is 2. The van der Waals surface area contributed by atoms with Crippen LogP contribution >= 0.6 is 0 Å². The van der Waals surface area contributed by atoms with Gasteiger partial charge in [0.15, 0.2) is 9.84 Å². The number of urea groups is 1. The molecule has 6 nitrogen and oxygen atoms in total. The molecule has 17 heavy (non-hydrogen) atoms. The standard InChI is InChI=1S/C10H15N3O3S/c1-17(15,16)9-5-3-2-4-8(9)12-6-7-13-10(11)14/h2-5,12H,6-7H2,1H3,(H3,11,13,14). The fourth-order valence-electron chi connectivity index (χ4n) is 1.32. The van der Waals surface area contributed by atoms with Crippen molar-refractivity contribution in [1.29, 1.82) is 0 Å². The first-order valence-electron chi connectivity index (χ1n) is 4.97. The van der Waals surface area contributed by atoms with Gasteiger partial charge in [-0.3, -0.25) is 0 Å². The molecule has 0 aliphatic heterocycles. The van der Waals surface area contributed by atoms with Gasteiger partial charge in [0, 0.05) is 19.3 Å². The first-order valence-corrected chi connectivity index (χ1v) is 6.86. The Labute approximate surface area is 100 Å². The number of hydrogen-bond acceptors (Lipinski definition) is 4. The molecule has 0 heterocycles. The molecule has 1 aromatic rings. The first-order chi connectivity index (χ1) is 7.91.